The summed E-state index contributed by atoms with van der Waals surface area (Å²) in [6, 6.07) is 1.90. The lowest BCUT2D eigenvalue weighted by molar-refractivity contribution is -0.115. The van der Waals surface area contributed by atoms with Crippen molar-refractivity contribution in [1.29, 1.82) is 0 Å². The number of rotatable bonds is 0. The Hall–Kier alpha value is -1.42. The van der Waals surface area contributed by atoms with Crippen LogP contribution < -0.4 is 10.6 Å². The van der Waals surface area contributed by atoms with E-state index in [4.69, 9.17) is 0 Å². The number of nitrogens with zero attached hydrogens (tertiary/aromatic N) is 1. The summed E-state index contributed by atoms with van der Waals surface area (Å²) >= 11 is 0. The topological polar surface area (TPSA) is 54.0 Å². The number of carbonyl (C=O) groups excluding carboxylic acids is 1. The third kappa shape index (κ3) is 1.29. The molecule has 12 heavy (non-hydrogen) atoms. The fourth-order valence-electron chi connectivity index (χ4n) is 1.20. The maximum Gasteiger partial charge on any atom is 0.238 e. The van der Waals surface area contributed by atoms with E-state index in [0.717, 1.165) is 17.8 Å². The van der Waals surface area contributed by atoms with Gasteiger partial charge >= 0.3 is 0 Å². The first-order chi connectivity index (χ1) is 5.86. The highest BCUT2D eigenvalue weighted by Gasteiger charge is 2.10. The molecule has 0 bridgehead atoms. The summed E-state index contributed by atoms with van der Waals surface area (Å²) in [5.41, 5.74) is 1.89. The van der Waals surface area contributed by atoms with E-state index >= 15 is 0 Å². The summed E-state index contributed by atoms with van der Waals surface area (Å²) in [5.74, 6) is -0.0123. The largest absolute Gasteiger partial charge is 0.323 e. The lowest BCUT2D eigenvalue weighted by Crippen LogP contribution is -2.23. The molecule has 0 fully saturated rings. The van der Waals surface area contributed by atoms with Crippen LogP contribution in [0.5, 0.6) is 0 Å². The first kappa shape index (κ1) is 7.24. The summed E-state index contributed by atoms with van der Waals surface area (Å²) in [7, 11) is 0. The summed E-state index contributed by atoms with van der Waals surface area (Å²) < 4.78 is 0. The number of hydrogen-bond acceptors (Lipinski definition) is 3. The highest BCUT2D eigenvalue weighted by Crippen LogP contribution is 2.14. The molecule has 0 saturated heterocycles. The molecule has 1 aliphatic heterocycles. The van der Waals surface area contributed by atoms with Crippen molar-refractivity contribution in [3.05, 3.63) is 24.0 Å². The quantitative estimate of drug-likeness (QED) is 0.571. The van der Waals surface area contributed by atoms with E-state index in [9.17, 15) is 4.79 Å². The molecule has 62 valence electrons. The van der Waals surface area contributed by atoms with Crippen LogP contribution in [0.2, 0.25) is 0 Å². The highest BCUT2D eigenvalue weighted by molar-refractivity contribution is 5.93. The fourth-order valence-corrected chi connectivity index (χ4v) is 1.20. The molecular formula is C8H9N3O. The van der Waals surface area contributed by atoms with Crippen molar-refractivity contribution in [2.24, 2.45) is 0 Å². The van der Waals surface area contributed by atoms with E-state index in [2.05, 4.69) is 15.6 Å². The zero-order valence-electron chi connectivity index (χ0n) is 6.50. The molecule has 0 aromatic carbocycles. The minimum atomic E-state index is -0.0123. The van der Waals surface area contributed by atoms with Crippen LogP contribution in [0.3, 0.4) is 0 Å². The molecule has 1 aliphatic rings. The second-order valence-corrected chi connectivity index (χ2v) is 2.68. The number of carbonyl (C=O) groups is 1. The van der Waals surface area contributed by atoms with Gasteiger partial charge in [0.15, 0.2) is 0 Å². The highest BCUT2D eigenvalue weighted by atomic mass is 16.1. The summed E-state index contributed by atoms with van der Waals surface area (Å²) in [6.45, 7) is 1.09. The zero-order valence-corrected chi connectivity index (χ0v) is 6.50. The van der Waals surface area contributed by atoms with E-state index in [1.165, 1.54) is 0 Å². The molecule has 0 spiro atoms. The van der Waals surface area contributed by atoms with Gasteiger partial charge in [0, 0.05) is 12.7 Å². The van der Waals surface area contributed by atoms with Crippen molar-refractivity contribution in [2.75, 3.05) is 11.9 Å². The molecule has 2 rings (SSSR count). The van der Waals surface area contributed by atoms with Gasteiger partial charge in [0.05, 0.1) is 18.4 Å². The van der Waals surface area contributed by atoms with Crippen LogP contribution in [-0.4, -0.2) is 17.4 Å². The van der Waals surface area contributed by atoms with Crippen molar-refractivity contribution >= 4 is 11.6 Å². The Morgan fingerprint density at radius 3 is 3.25 bits per heavy atom. The zero-order chi connectivity index (χ0) is 8.39. The van der Waals surface area contributed by atoms with Gasteiger partial charge in [-0.25, -0.2) is 0 Å². The second kappa shape index (κ2) is 2.91. The second-order valence-electron chi connectivity index (χ2n) is 2.68. The Morgan fingerprint density at radius 2 is 2.33 bits per heavy atom. The number of amides is 1. The van der Waals surface area contributed by atoms with E-state index in [1.54, 1.807) is 12.4 Å². The molecule has 2 heterocycles. The van der Waals surface area contributed by atoms with Crippen molar-refractivity contribution in [3.63, 3.8) is 0 Å². The van der Waals surface area contributed by atoms with E-state index in [1.807, 2.05) is 6.07 Å². The van der Waals surface area contributed by atoms with Crippen LogP contribution in [0.15, 0.2) is 18.5 Å². The van der Waals surface area contributed by atoms with E-state index in [-0.39, 0.29) is 5.91 Å². The van der Waals surface area contributed by atoms with Gasteiger partial charge in [-0.05, 0) is 11.6 Å². The summed E-state index contributed by atoms with van der Waals surface area (Å²) in [4.78, 5) is 15.0. The van der Waals surface area contributed by atoms with Crippen LogP contribution in [0, 0.1) is 0 Å². The standard InChI is InChI=1S/C8H9N3O/c12-8-5-10-3-6-1-2-9-4-7(6)11-8/h1-2,4,10H,3,5H2,(H,11,12). The predicted octanol–water partition coefficient (Wildman–Crippen LogP) is 0.123. The molecule has 0 radical (unpaired) electrons. The van der Waals surface area contributed by atoms with Gasteiger partial charge in [-0.3, -0.25) is 9.78 Å². The Morgan fingerprint density at radius 1 is 1.42 bits per heavy atom. The van der Waals surface area contributed by atoms with Gasteiger partial charge < -0.3 is 10.6 Å². The molecule has 1 aromatic rings. The van der Waals surface area contributed by atoms with Gasteiger partial charge in [0.25, 0.3) is 0 Å². The van der Waals surface area contributed by atoms with Gasteiger partial charge in [-0.1, -0.05) is 0 Å². The molecule has 2 N–H and O–H groups in total. The SMILES string of the molecule is O=C1CNCc2ccncc2N1. The third-order valence-electron chi connectivity index (χ3n) is 1.79. The van der Waals surface area contributed by atoms with Crippen LogP contribution in [0.25, 0.3) is 0 Å². The first-order valence-corrected chi connectivity index (χ1v) is 3.80. The Labute approximate surface area is 70.0 Å². The smallest absolute Gasteiger partial charge is 0.238 e. The van der Waals surface area contributed by atoms with Gasteiger partial charge in [-0.2, -0.15) is 0 Å². The lowest BCUT2D eigenvalue weighted by Gasteiger charge is -2.02. The average Bonchev–Trinajstić information content (AvgIpc) is 2.25. The van der Waals surface area contributed by atoms with E-state index in [0.29, 0.717) is 6.54 Å². The summed E-state index contributed by atoms with van der Waals surface area (Å²) in [5, 5.41) is 5.77. The van der Waals surface area contributed by atoms with Crippen molar-refractivity contribution in [3.8, 4) is 0 Å². The summed E-state index contributed by atoms with van der Waals surface area (Å²) in [6.07, 6.45) is 3.39. The van der Waals surface area contributed by atoms with Gasteiger partial charge in [0.2, 0.25) is 5.91 Å². The molecule has 0 atom stereocenters. The maximum absolute atomic E-state index is 11.0. The molecule has 4 nitrogen and oxygen atoms in total. The van der Waals surface area contributed by atoms with Crippen LogP contribution in [0.4, 0.5) is 5.69 Å². The molecule has 1 amide bonds. The number of pyridine rings is 1. The molecule has 0 aliphatic carbocycles. The Bertz CT molecular complexity index is 311. The monoisotopic (exact) mass is 163 g/mol. The van der Waals surface area contributed by atoms with Gasteiger partial charge in [0.1, 0.15) is 0 Å². The van der Waals surface area contributed by atoms with E-state index < -0.39 is 0 Å². The minimum absolute atomic E-state index is 0.0123. The number of hydrogen-bond donors (Lipinski definition) is 2. The molecular weight excluding hydrogens is 154 g/mol. The maximum atomic E-state index is 11.0. The Balaban J connectivity index is 2.37. The van der Waals surface area contributed by atoms with Crippen LogP contribution in [0.1, 0.15) is 5.56 Å². The third-order valence-corrected chi connectivity index (χ3v) is 1.79. The molecule has 1 aromatic heterocycles. The van der Waals surface area contributed by atoms with Crippen LogP contribution >= 0.6 is 0 Å². The number of aromatic nitrogens is 1. The molecule has 0 saturated carbocycles. The predicted molar refractivity (Wildman–Crippen MR) is 44.6 cm³/mol. The number of nitrogens with one attached hydrogen (secondary N) is 2. The van der Waals surface area contributed by atoms with Gasteiger partial charge in [-0.15, -0.1) is 0 Å². The van der Waals surface area contributed by atoms with Crippen molar-refractivity contribution < 1.29 is 4.79 Å². The molecule has 4 heteroatoms. The minimum Gasteiger partial charge on any atom is -0.323 e. The van der Waals surface area contributed by atoms with Crippen LogP contribution in [-0.2, 0) is 11.3 Å². The first-order valence-electron chi connectivity index (χ1n) is 3.80. The average molecular weight is 163 g/mol. The number of fused-ring (bicyclic) bond motifs is 1. The Kier molecular flexibility index (Phi) is 1.75. The lowest BCUT2D eigenvalue weighted by atomic mass is 10.2. The van der Waals surface area contributed by atoms with Crippen molar-refractivity contribution in [2.45, 2.75) is 6.54 Å². The molecule has 0 unspecified atom stereocenters. The normalized spacial score (nSPS) is 16.2. The number of anilines is 1. The fraction of sp³-hybridized carbons (Fsp3) is 0.250. The van der Waals surface area contributed by atoms with Crippen molar-refractivity contribution in [1.82, 2.24) is 10.3 Å².